The van der Waals surface area contributed by atoms with Crippen molar-refractivity contribution in [3.63, 3.8) is 0 Å². The predicted molar refractivity (Wildman–Crippen MR) is 87.4 cm³/mol. The molecule has 0 nitrogen and oxygen atoms in total. The van der Waals surface area contributed by atoms with Crippen LogP contribution in [0.2, 0.25) is 0 Å². The van der Waals surface area contributed by atoms with Gasteiger partial charge in [0.05, 0.1) is 0 Å². The van der Waals surface area contributed by atoms with Gasteiger partial charge in [0.2, 0.25) is 5.67 Å². The Hall–Kier alpha value is -1.58. The first-order chi connectivity index (χ1) is 11.5. The summed E-state index contributed by atoms with van der Waals surface area (Å²) in [6.45, 7) is 2.17. The van der Waals surface area contributed by atoms with Crippen LogP contribution in [0, 0.1) is 11.7 Å². The average molecular weight is 338 g/mol. The third-order valence-corrected chi connectivity index (χ3v) is 5.53. The first-order valence-corrected chi connectivity index (χ1v) is 8.64. The van der Waals surface area contributed by atoms with E-state index in [-0.39, 0.29) is 5.92 Å². The Balaban J connectivity index is 1.86. The van der Waals surface area contributed by atoms with Gasteiger partial charge >= 0.3 is 0 Å². The minimum atomic E-state index is -3.07. The fraction of sp³-hybridized carbons (Fsp3) is 0.500. The Morgan fingerprint density at radius 2 is 1.83 bits per heavy atom. The summed E-state index contributed by atoms with van der Waals surface area (Å²) in [5.41, 5.74) is -2.85. The summed E-state index contributed by atoms with van der Waals surface area (Å²) in [7, 11) is 0. The van der Waals surface area contributed by atoms with Crippen molar-refractivity contribution in [2.75, 3.05) is 0 Å². The summed E-state index contributed by atoms with van der Waals surface area (Å²) >= 11 is 0. The largest absolute Gasteiger partial charge is 0.238 e. The summed E-state index contributed by atoms with van der Waals surface area (Å²) in [6.07, 6.45) is 5.93. The molecule has 3 rings (SSSR count). The highest BCUT2D eigenvalue weighted by Crippen LogP contribution is 2.45. The molecule has 0 saturated heterocycles. The Labute approximate surface area is 140 Å². The number of halogens is 4. The lowest BCUT2D eigenvalue weighted by atomic mass is 9.77. The van der Waals surface area contributed by atoms with Crippen LogP contribution in [0.5, 0.6) is 0 Å². The van der Waals surface area contributed by atoms with Crippen LogP contribution in [0.1, 0.15) is 56.1 Å². The van der Waals surface area contributed by atoms with Crippen LogP contribution in [-0.2, 0) is 5.67 Å². The molecule has 0 aliphatic heterocycles. The lowest BCUT2D eigenvalue weighted by Crippen LogP contribution is -2.34. The van der Waals surface area contributed by atoms with Gasteiger partial charge in [-0.15, -0.1) is 0 Å². The molecule has 0 amide bonds. The first kappa shape index (κ1) is 17.2. The van der Waals surface area contributed by atoms with Gasteiger partial charge in [-0.3, -0.25) is 0 Å². The normalized spacial score (nSPS) is 33.4. The lowest BCUT2D eigenvalue weighted by Gasteiger charge is -2.30. The van der Waals surface area contributed by atoms with Crippen LogP contribution in [-0.4, -0.2) is 6.17 Å². The van der Waals surface area contributed by atoms with Crippen molar-refractivity contribution >= 4 is 0 Å². The van der Waals surface area contributed by atoms with E-state index in [1.165, 1.54) is 12.1 Å². The quantitative estimate of drug-likeness (QED) is 0.557. The van der Waals surface area contributed by atoms with E-state index in [0.29, 0.717) is 0 Å². The number of benzene rings is 1. The molecule has 1 saturated carbocycles. The van der Waals surface area contributed by atoms with E-state index in [2.05, 4.69) is 6.92 Å². The third-order valence-electron chi connectivity index (χ3n) is 5.53. The highest BCUT2D eigenvalue weighted by molar-refractivity contribution is 5.41. The van der Waals surface area contributed by atoms with Gasteiger partial charge < -0.3 is 0 Å². The summed E-state index contributed by atoms with van der Waals surface area (Å²) < 4.78 is 57.3. The molecule has 2 atom stereocenters. The highest BCUT2D eigenvalue weighted by atomic mass is 19.2. The molecule has 2 aliphatic carbocycles. The minimum absolute atomic E-state index is 0.236. The second-order valence-corrected chi connectivity index (χ2v) is 6.88. The van der Waals surface area contributed by atoms with Crippen LogP contribution >= 0.6 is 0 Å². The van der Waals surface area contributed by atoms with Crippen molar-refractivity contribution < 1.29 is 17.6 Å². The zero-order chi connectivity index (χ0) is 17.3. The van der Waals surface area contributed by atoms with Crippen LogP contribution < -0.4 is 0 Å². The SMILES string of the molecule is CCC1CCC(c2ccc(C3(F)C(F)=CC=CC3F)c(F)c2)CC1. The maximum Gasteiger partial charge on any atom is 0.224 e. The van der Waals surface area contributed by atoms with Gasteiger partial charge in [-0.1, -0.05) is 31.6 Å². The lowest BCUT2D eigenvalue weighted by molar-refractivity contribution is 0.0817. The van der Waals surface area contributed by atoms with Crippen molar-refractivity contribution in [1.29, 1.82) is 0 Å². The molecule has 0 spiro atoms. The maximum absolute atomic E-state index is 14.9. The van der Waals surface area contributed by atoms with Crippen molar-refractivity contribution in [3.05, 3.63) is 59.2 Å². The number of alkyl halides is 2. The molecule has 1 fully saturated rings. The van der Waals surface area contributed by atoms with Crippen molar-refractivity contribution in [3.8, 4) is 0 Å². The van der Waals surface area contributed by atoms with Gasteiger partial charge in [-0.25, -0.2) is 17.6 Å². The van der Waals surface area contributed by atoms with Crippen molar-refractivity contribution in [1.82, 2.24) is 0 Å². The maximum atomic E-state index is 14.9. The van der Waals surface area contributed by atoms with Crippen LogP contribution in [0.25, 0.3) is 0 Å². The van der Waals surface area contributed by atoms with Crippen LogP contribution in [0.15, 0.2) is 42.3 Å². The number of allylic oxidation sites excluding steroid dienone is 4. The molecule has 2 unspecified atom stereocenters. The zero-order valence-corrected chi connectivity index (χ0v) is 13.7. The van der Waals surface area contributed by atoms with E-state index in [0.717, 1.165) is 61.8 Å². The third kappa shape index (κ3) is 2.91. The predicted octanol–water partition coefficient (Wildman–Crippen LogP) is 6.44. The Kier molecular flexibility index (Phi) is 4.84. The van der Waals surface area contributed by atoms with Crippen molar-refractivity contribution in [2.45, 2.75) is 56.8 Å². The monoisotopic (exact) mass is 338 g/mol. The molecule has 0 N–H and O–H groups in total. The minimum Gasteiger partial charge on any atom is -0.238 e. The molecule has 2 aliphatic rings. The van der Waals surface area contributed by atoms with Gasteiger partial charge in [-0.05, 0) is 61.3 Å². The standard InChI is InChI=1S/C20H22F4/c1-2-13-6-8-14(9-7-13)15-10-11-16(17(21)12-15)20(24)18(22)4-3-5-19(20)23/h3-5,10-14,18H,2,6-9H2,1H3. The molecule has 0 bridgehead atoms. The molecule has 24 heavy (non-hydrogen) atoms. The number of hydrogen-bond acceptors (Lipinski definition) is 0. The van der Waals surface area contributed by atoms with E-state index in [4.69, 9.17) is 0 Å². The summed E-state index contributed by atoms with van der Waals surface area (Å²) in [4.78, 5) is 0. The zero-order valence-electron chi connectivity index (χ0n) is 13.7. The van der Waals surface area contributed by atoms with E-state index < -0.39 is 29.0 Å². The molecule has 0 heterocycles. The molecule has 4 heteroatoms. The molecular weight excluding hydrogens is 316 g/mol. The van der Waals surface area contributed by atoms with Crippen molar-refractivity contribution in [2.24, 2.45) is 5.92 Å². The molecular formula is C20H22F4. The second kappa shape index (κ2) is 6.73. The van der Waals surface area contributed by atoms with E-state index in [1.807, 2.05) is 0 Å². The van der Waals surface area contributed by atoms with E-state index in [1.54, 1.807) is 6.07 Å². The molecule has 1 aromatic carbocycles. The van der Waals surface area contributed by atoms with Gasteiger partial charge in [0.1, 0.15) is 11.6 Å². The molecule has 1 aromatic rings. The fourth-order valence-electron chi connectivity index (χ4n) is 3.88. The Bertz CT molecular complexity index is 656. The topological polar surface area (TPSA) is 0 Å². The smallest absolute Gasteiger partial charge is 0.224 e. The molecule has 130 valence electrons. The van der Waals surface area contributed by atoms with Gasteiger partial charge in [0.15, 0.2) is 6.17 Å². The van der Waals surface area contributed by atoms with Gasteiger partial charge in [0.25, 0.3) is 0 Å². The summed E-state index contributed by atoms with van der Waals surface area (Å²) in [6, 6.07) is 4.08. The molecule has 0 aromatic heterocycles. The van der Waals surface area contributed by atoms with Gasteiger partial charge in [0, 0.05) is 5.56 Å². The Morgan fingerprint density at radius 1 is 1.12 bits per heavy atom. The number of hydrogen-bond donors (Lipinski definition) is 0. The van der Waals surface area contributed by atoms with Crippen LogP contribution in [0.4, 0.5) is 17.6 Å². The van der Waals surface area contributed by atoms with Gasteiger partial charge in [-0.2, -0.15) is 0 Å². The van der Waals surface area contributed by atoms with E-state index in [9.17, 15) is 17.6 Å². The Morgan fingerprint density at radius 3 is 2.42 bits per heavy atom. The van der Waals surface area contributed by atoms with Crippen LogP contribution in [0.3, 0.4) is 0 Å². The molecule has 0 radical (unpaired) electrons. The summed E-state index contributed by atoms with van der Waals surface area (Å²) in [5.74, 6) is -1.22. The van der Waals surface area contributed by atoms with E-state index >= 15 is 0 Å². The second-order valence-electron chi connectivity index (χ2n) is 6.88. The highest BCUT2D eigenvalue weighted by Gasteiger charge is 2.48. The first-order valence-electron chi connectivity index (χ1n) is 8.64. The summed E-state index contributed by atoms with van der Waals surface area (Å²) in [5, 5.41) is 0. The fourth-order valence-corrected chi connectivity index (χ4v) is 3.88. The average Bonchev–Trinajstić information content (AvgIpc) is 2.59. The number of rotatable bonds is 3.